The van der Waals surface area contributed by atoms with Gasteiger partial charge in [-0.2, -0.15) is 0 Å². The number of nitrogens with one attached hydrogen (secondary N) is 1. The number of hydrogen-bond donors (Lipinski definition) is 3. The molecule has 2 rings (SSSR count). The van der Waals surface area contributed by atoms with E-state index >= 15 is 0 Å². The molecule has 1 amide bonds. The van der Waals surface area contributed by atoms with Crippen molar-refractivity contribution < 1.29 is 14.7 Å². The van der Waals surface area contributed by atoms with Gasteiger partial charge in [-0.25, -0.2) is 4.79 Å². The van der Waals surface area contributed by atoms with Gasteiger partial charge >= 0.3 is 5.97 Å². The second-order valence-corrected chi connectivity index (χ2v) is 4.85. The van der Waals surface area contributed by atoms with E-state index in [1.54, 1.807) is 30.3 Å². The number of halogens is 1. The molecule has 0 bridgehead atoms. The second-order valence-electron chi connectivity index (χ2n) is 4.41. The minimum absolute atomic E-state index is 0.222. The standard InChI is InChI=1S/C15H13ClN2O3/c16-11-5-6-12(14(17)19)13(7-11)18-8-9-1-3-10(4-2-9)15(20)21/h1-7,18H,8H2,(H2,17,19)(H,20,21). The van der Waals surface area contributed by atoms with Crippen molar-refractivity contribution >= 4 is 29.2 Å². The van der Waals surface area contributed by atoms with Crippen molar-refractivity contribution in [2.45, 2.75) is 6.54 Å². The summed E-state index contributed by atoms with van der Waals surface area (Å²) in [5.41, 5.74) is 7.28. The highest BCUT2D eigenvalue weighted by molar-refractivity contribution is 6.31. The fourth-order valence-electron chi connectivity index (χ4n) is 1.84. The van der Waals surface area contributed by atoms with Crippen LogP contribution < -0.4 is 11.1 Å². The zero-order valence-corrected chi connectivity index (χ0v) is 11.7. The Bertz CT molecular complexity index is 684. The Kier molecular flexibility index (Phi) is 4.45. The van der Waals surface area contributed by atoms with Gasteiger partial charge in [0.1, 0.15) is 0 Å². The molecule has 4 N–H and O–H groups in total. The SMILES string of the molecule is NC(=O)c1ccc(Cl)cc1NCc1ccc(C(=O)O)cc1. The van der Waals surface area contributed by atoms with E-state index in [4.69, 9.17) is 22.4 Å². The molecule has 0 aliphatic rings. The molecule has 0 saturated carbocycles. The van der Waals surface area contributed by atoms with E-state index < -0.39 is 11.9 Å². The van der Waals surface area contributed by atoms with Crippen LogP contribution in [0.5, 0.6) is 0 Å². The Morgan fingerprint density at radius 1 is 1.14 bits per heavy atom. The number of carboxylic acid groups (broad SMARTS) is 1. The molecule has 0 heterocycles. The molecule has 2 aromatic rings. The number of nitrogens with two attached hydrogens (primary N) is 1. The molecule has 0 radical (unpaired) electrons. The molecule has 21 heavy (non-hydrogen) atoms. The molecule has 2 aromatic carbocycles. The predicted molar refractivity (Wildman–Crippen MR) is 80.7 cm³/mol. The van der Waals surface area contributed by atoms with Gasteiger partial charge in [-0.3, -0.25) is 4.79 Å². The molecule has 0 fully saturated rings. The fourth-order valence-corrected chi connectivity index (χ4v) is 2.01. The van der Waals surface area contributed by atoms with Crippen LogP contribution in [0.25, 0.3) is 0 Å². The summed E-state index contributed by atoms with van der Waals surface area (Å²) in [5, 5.41) is 12.4. The Hall–Kier alpha value is -2.53. The van der Waals surface area contributed by atoms with Crippen molar-refractivity contribution in [2.75, 3.05) is 5.32 Å². The number of hydrogen-bond acceptors (Lipinski definition) is 3. The molecule has 5 nitrogen and oxygen atoms in total. The van der Waals surface area contributed by atoms with Crippen LogP contribution in [0.15, 0.2) is 42.5 Å². The summed E-state index contributed by atoms with van der Waals surface area (Å²) >= 11 is 5.90. The smallest absolute Gasteiger partial charge is 0.335 e. The average molecular weight is 305 g/mol. The third-order valence-electron chi connectivity index (χ3n) is 2.93. The zero-order valence-electron chi connectivity index (χ0n) is 11.0. The first-order valence-electron chi connectivity index (χ1n) is 6.13. The normalized spacial score (nSPS) is 10.1. The van der Waals surface area contributed by atoms with Crippen LogP contribution in [0, 0.1) is 0 Å². The Morgan fingerprint density at radius 3 is 2.38 bits per heavy atom. The van der Waals surface area contributed by atoms with Crippen molar-refractivity contribution in [1.29, 1.82) is 0 Å². The van der Waals surface area contributed by atoms with Crippen molar-refractivity contribution in [2.24, 2.45) is 5.73 Å². The van der Waals surface area contributed by atoms with E-state index in [2.05, 4.69) is 5.32 Å². The molecule has 0 unspecified atom stereocenters. The number of carbonyl (C=O) groups is 2. The number of carbonyl (C=O) groups excluding carboxylic acids is 1. The Balaban J connectivity index is 2.14. The second kappa shape index (κ2) is 6.28. The van der Waals surface area contributed by atoms with Gasteiger partial charge < -0.3 is 16.2 Å². The van der Waals surface area contributed by atoms with Crippen molar-refractivity contribution in [3.05, 3.63) is 64.2 Å². The zero-order chi connectivity index (χ0) is 15.4. The highest BCUT2D eigenvalue weighted by Gasteiger charge is 2.08. The molecule has 6 heteroatoms. The lowest BCUT2D eigenvalue weighted by Gasteiger charge is -2.11. The van der Waals surface area contributed by atoms with Crippen molar-refractivity contribution in [3.8, 4) is 0 Å². The first-order valence-corrected chi connectivity index (χ1v) is 6.50. The van der Waals surface area contributed by atoms with Crippen LogP contribution in [0.4, 0.5) is 5.69 Å². The molecule has 0 aromatic heterocycles. The van der Waals surface area contributed by atoms with Gasteiger partial charge in [-0.05, 0) is 35.9 Å². The fraction of sp³-hybridized carbons (Fsp3) is 0.0667. The average Bonchev–Trinajstić information content (AvgIpc) is 2.45. The summed E-state index contributed by atoms with van der Waals surface area (Å²) < 4.78 is 0. The van der Waals surface area contributed by atoms with Crippen LogP contribution in [0.2, 0.25) is 5.02 Å². The first-order chi connectivity index (χ1) is 9.97. The van der Waals surface area contributed by atoms with Crippen molar-refractivity contribution in [3.63, 3.8) is 0 Å². The van der Waals surface area contributed by atoms with E-state index in [0.717, 1.165) is 5.56 Å². The molecule has 0 saturated heterocycles. The maximum Gasteiger partial charge on any atom is 0.335 e. The van der Waals surface area contributed by atoms with E-state index in [1.165, 1.54) is 12.1 Å². The molecular weight excluding hydrogens is 292 g/mol. The van der Waals surface area contributed by atoms with E-state index in [1.807, 2.05) is 0 Å². The monoisotopic (exact) mass is 304 g/mol. The summed E-state index contributed by atoms with van der Waals surface area (Å²) in [6.07, 6.45) is 0. The Labute approximate surface area is 126 Å². The number of amides is 1. The summed E-state index contributed by atoms with van der Waals surface area (Å²) in [6, 6.07) is 11.2. The number of aromatic carboxylic acids is 1. The molecular formula is C15H13ClN2O3. The number of primary amides is 1. The van der Waals surface area contributed by atoms with Crippen molar-refractivity contribution in [1.82, 2.24) is 0 Å². The molecule has 0 atom stereocenters. The van der Waals surface area contributed by atoms with Crippen LogP contribution >= 0.6 is 11.6 Å². The van der Waals surface area contributed by atoms with E-state index in [-0.39, 0.29) is 5.56 Å². The first kappa shape index (κ1) is 14.9. The quantitative estimate of drug-likeness (QED) is 0.792. The molecule has 0 aliphatic heterocycles. The highest BCUT2D eigenvalue weighted by atomic mass is 35.5. The van der Waals surface area contributed by atoms with Gasteiger partial charge in [0.15, 0.2) is 0 Å². The largest absolute Gasteiger partial charge is 0.478 e. The van der Waals surface area contributed by atoms with Crippen LogP contribution in [0.3, 0.4) is 0 Å². The van der Waals surface area contributed by atoms with E-state index in [0.29, 0.717) is 22.8 Å². The third-order valence-corrected chi connectivity index (χ3v) is 3.17. The van der Waals surface area contributed by atoms with E-state index in [9.17, 15) is 9.59 Å². The maximum atomic E-state index is 11.3. The molecule has 0 aliphatic carbocycles. The highest BCUT2D eigenvalue weighted by Crippen LogP contribution is 2.21. The minimum Gasteiger partial charge on any atom is -0.478 e. The minimum atomic E-state index is -0.972. The van der Waals surface area contributed by atoms with Crippen LogP contribution in [-0.2, 0) is 6.54 Å². The summed E-state index contributed by atoms with van der Waals surface area (Å²) in [5.74, 6) is -1.52. The lowest BCUT2D eigenvalue weighted by Crippen LogP contribution is -2.14. The lowest BCUT2D eigenvalue weighted by molar-refractivity contribution is 0.0696. The number of carboxylic acids is 1. The van der Waals surface area contributed by atoms with Crippen LogP contribution in [-0.4, -0.2) is 17.0 Å². The van der Waals surface area contributed by atoms with Crippen LogP contribution in [0.1, 0.15) is 26.3 Å². The maximum absolute atomic E-state index is 11.3. The number of rotatable bonds is 5. The Morgan fingerprint density at radius 2 is 1.81 bits per heavy atom. The summed E-state index contributed by atoms with van der Waals surface area (Å²) in [7, 11) is 0. The van der Waals surface area contributed by atoms with Gasteiger partial charge in [-0.15, -0.1) is 0 Å². The van der Waals surface area contributed by atoms with Gasteiger partial charge in [0, 0.05) is 17.3 Å². The van der Waals surface area contributed by atoms with Gasteiger partial charge in [0.2, 0.25) is 0 Å². The van der Waals surface area contributed by atoms with Gasteiger partial charge in [0.05, 0.1) is 11.1 Å². The summed E-state index contributed by atoms with van der Waals surface area (Å²) in [4.78, 5) is 22.1. The summed E-state index contributed by atoms with van der Waals surface area (Å²) in [6.45, 7) is 0.417. The lowest BCUT2D eigenvalue weighted by atomic mass is 10.1. The predicted octanol–water partition coefficient (Wildman–Crippen LogP) is 2.75. The van der Waals surface area contributed by atoms with Gasteiger partial charge in [-0.1, -0.05) is 23.7 Å². The van der Waals surface area contributed by atoms with Gasteiger partial charge in [0.25, 0.3) is 5.91 Å². The molecule has 0 spiro atoms. The topological polar surface area (TPSA) is 92.4 Å². The molecule has 108 valence electrons. The number of anilines is 1. The number of benzene rings is 2. The third kappa shape index (κ3) is 3.73.